The van der Waals surface area contributed by atoms with Gasteiger partial charge < -0.3 is 0 Å². The lowest BCUT2D eigenvalue weighted by Crippen LogP contribution is -2.24. The molecular formula is C35H28. The molecule has 0 radical (unpaired) electrons. The lowest BCUT2D eigenvalue weighted by molar-refractivity contribution is 1.03. The van der Waals surface area contributed by atoms with E-state index in [0.29, 0.717) is 0 Å². The van der Waals surface area contributed by atoms with Crippen LogP contribution >= 0.6 is 0 Å². The van der Waals surface area contributed by atoms with Gasteiger partial charge >= 0.3 is 0 Å². The number of fused-ring (bicyclic) bond motifs is 5. The van der Waals surface area contributed by atoms with Crippen molar-refractivity contribution < 1.29 is 0 Å². The molecular weight excluding hydrogens is 420 g/mol. The van der Waals surface area contributed by atoms with Gasteiger partial charge in [0, 0.05) is 5.92 Å². The van der Waals surface area contributed by atoms with E-state index in [-0.39, 0.29) is 5.92 Å². The van der Waals surface area contributed by atoms with Crippen LogP contribution in [-0.4, -0.2) is 0 Å². The van der Waals surface area contributed by atoms with Gasteiger partial charge in [0.15, 0.2) is 0 Å². The smallest absolute Gasteiger partial charge is 0.0292 e. The van der Waals surface area contributed by atoms with E-state index in [0.717, 1.165) is 6.42 Å². The molecule has 4 aromatic carbocycles. The van der Waals surface area contributed by atoms with Crippen molar-refractivity contribution in [1.29, 1.82) is 0 Å². The van der Waals surface area contributed by atoms with Gasteiger partial charge in [-0.3, -0.25) is 0 Å². The molecule has 0 amide bonds. The first kappa shape index (κ1) is 20.5. The minimum atomic E-state index is 0.267. The molecule has 0 saturated heterocycles. The third kappa shape index (κ3) is 2.93. The van der Waals surface area contributed by atoms with Gasteiger partial charge in [-0.25, -0.2) is 0 Å². The Bertz CT molecular complexity index is 1720. The standard InChI is InChI=1S/C35H28/c1-21-10-8-11-22(2)33(21)31-18-23(3)34(32-20-25-13-5-7-15-27(25)35(31)32)29-17-9-16-28-26-14-6-4-12-24(26)19-30(28)29/h4-18,20,31H,19H2,1-3H3. The van der Waals surface area contributed by atoms with Gasteiger partial charge in [-0.1, -0.05) is 91.0 Å². The number of benzene rings is 4. The summed E-state index contributed by atoms with van der Waals surface area (Å²) in [6.45, 7) is 6.84. The summed E-state index contributed by atoms with van der Waals surface area (Å²) < 4.78 is 0. The monoisotopic (exact) mass is 448 g/mol. The van der Waals surface area contributed by atoms with Crippen LogP contribution in [0.4, 0.5) is 0 Å². The van der Waals surface area contributed by atoms with E-state index in [9.17, 15) is 0 Å². The molecule has 0 aliphatic heterocycles. The minimum absolute atomic E-state index is 0.267. The van der Waals surface area contributed by atoms with Crippen LogP contribution < -0.4 is 10.4 Å². The van der Waals surface area contributed by atoms with Crippen molar-refractivity contribution >= 4 is 17.2 Å². The Kier molecular flexibility index (Phi) is 4.42. The van der Waals surface area contributed by atoms with Crippen LogP contribution in [0.3, 0.4) is 0 Å². The summed E-state index contributed by atoms with van der Waals surface area (Å²) in [4.78, 5) is 0. The fourth-order valence-electron chi connectivity index (χ4n) is 6.71. The van der Waals surface area contributed by atoms with Crippen molar-refractivity contribution in [3.63, 3.8) is 0 Å². The molecule has 0 saturated carbocycles. The maximum atomic E-state index is 2.53. The first-order valence-corrected chi connectivity index (χ1v) is 12.6. The normalized spacial score (nSPS) is 17.4. The molecule has 0 spiro atoms. The van der Waals surface area contributed by atoms with Gasteiger partial charge in [0.1, 0.15) is 0 Å². The molecule has 4 aromatic rings. The first-order chi connectivity index (χ1) is 17.1. The second-order valence-corrected chi connectivity index (χ2v) is 10.2. The molecule has 1 unspecified atom stereocenters. The summed E-state index contributed by atoms with van der Waals surface area (Å²) in [5, 5.41) is 2.72. The molecule has 35 heavy (non-hydrogen) atoms. The average molecular weight is 449 g/mol. The number of hydrogen-bond acceptors (Lipinski definition) is 0. The molecule has 0 fully saturated rings. The lowest BCUT2D eigenvalue weighted by atomic mass is 9.74. The number of hydrogen-bond donors (Lipinski definition) is 0. The van der Waals surface area contributed by atoms with Crippen molar-refractivity contribution in [2.75, 3.05) is 0 Å². The first-order valence-electron chi connectivity index (χ1n) is 12.6. The van der Waals surface area contributed by atoms with Crippen molar-refractivity contribution in [2.24, 2.45) is 0 Å². The topological polar surface area (TPSA) is 0 Å². The van der Waals surface area contributed by atoms with Crippen LogP contribution in [0.25, 0.3) is 28.3 Å². The molecule has 0 N–H and O–H groups in total. The predicted molar refractivity (Wildman–Crippen MR) is 148 cm³/mol. The fourth-order valence-corrected chi connectivity index (χ4v) is 6.71. The molecule has 0 heteroatoms. The van der Waals surface area contributed by atoms with Gasteiger partial charge in [-0.05, 0) is 111 Å². The molecule has 0 bridgehead atoms. The van der Waals surface area contributed by atoms with Crippen LogP contribution in [0.1, 0.15) is 46.2 Å². The van der Waals surface area contributed by atoms with Crippen molar-refractivity contribution in [2.45, 2.75) is 33.1 Å². The molecule has 168 valence electrons. The summed E-state index contributed by atoms with van der Waals surface area (Å²) in [5.74, 6) is 0.267. The van der Waals surface area contributed by atoms with Crippen LogP contribution in [0, 0.1) is 13.8 Å². The highest BCUT2D eigenvalue weighted by atomic mass is 14.4. The van der Waals surface area contributed by atoms with Gasteiger partial charge in [-0.15, -0.1) is 0 Å². The third-order valence-corrected chi connectivity index (χ3v) is 8.21. The Labute approximate surface area is 207 Å². The van der Waals surface area contributed by atoms with E-state index >= 15 is 0 Å². The Morgan fingerprint density at radius 1 is 0.657 bits per heavy atom. The number of allylic oxidation sites excluding steroid dienone is 4. The number of rotatable bonds is 2. The SMILES string of the molecule is CC1=CC(c2c(C)cccc2C)C2=c3ccccc3=CC2=C1c1cccc2c1Cc1ccccc1-2. The molecule has 7 rings (SSSR count). The summed E-state index contributed by atoms with van der Waals surface area (Å²) in [6, 6.07) is 31.4. The Balaban J connectivity index is 1.52. The maximum Gasteiger partial charge on any atom is 0.0292 e. The molecule has 0 nitrogen and oxygen atoms in total. The zero-order valence-corrected chi connectivity index (χ0v) is 20.5. The Hall–Kier alpha value is -3.90. The Morgan fingerprint density at radius 3 is 2.20 bits per heavy atom. The summed E-state index contributed by atoms with van der Waals surface area (Å²) >= 11 is 0. The van der Waals surface area contributed by atoms with Crippen LogP contribution in [0.15, 0.2) is 102 Å². The van der Waals surface area contributed by atoms with Gasteiger partial charge in [0.25, 0.3) is 0 Å². The highest BCUT2D eigenvalue weighted by Crippen LogP contribution is 2.49. The lowest BCUT2D eigenvalue weighted by Gasteiger charge is -2.30. The zero-order chi connectivity index (χ0) is 23.7. The van der Waals surface area contributed by atoms with Crippen LogP contribution in [0.5, 0.6) is 0 Å². The van der Waals surface area contributed by atoms with E-state index in [1.54, 1.807) is 0 Å². The van der Waals surface area contributed by atoms with E-state index in [1.807, 2.05) is 0 Å². The van der Waals surface area contributed by atoms with E-state index in [1.165, 1.54) is 77.2 Å². The molecule has 0 aromatic heterocycles. The van der Waals surface area contributed by atoms with Gasteiger partial charge in [0.2, 0.25) is 0 Å². The van der Waals surface area contributed by atoms with E-state index in [4.69, 9.17) is 0 Å². The quantitative estimate of drug-likeness (QED) is 0.272. The highest BCUT2D eigenvalue weighted by Gasteiger charge is 2.32. The van der Waals surface area contributed by atoms with Crippen molar-refractivity contribution in [3.8, 4) is 11.1 Å². The second-order valence-electron chi connectivity index (χ2n) is 10.2. The molecule has 0 heterocycles. The average Bonchev–Trinajstić information content (AvgIpc) is 3.43. The van der Waals surface area contributed by atoms with Crippen LogP contribution in [0.2, 0.25) is 0 Å². The van der Waals surface area contributed by atoms with Crippen molar-refractivity contribution in [3.05, 3.63) is 146 Å². The van der Waals surface area contributed by atoms with Gasteiger partial charge in [0.05, 0.1) is 0 Å². The van der Waals surface area contributed by atoms with Crippen molar-refractivity contribution in [1.82, 2.24) is 0 Å². The Morgan fingerprint density at radius 2 is 1.34 bits per heavy atom. The second kappa shape index (κ2) is 7.55. The maximum absolute atomic E-state index is 2.53. The largest absolute Gasteiger partial charge is 0.0690 e. The molecule has 3 aliphatic rings. The third-order valence-electron chi connectivity index (χ3n) is 8.21. The van der Waals surface area contributed by atoms with E-state index in [2.05, 4.69) is 118 Å². The number of aryl methyl sites for hydroxylation is 2. The summed E-state index contributed by atoms with van der Waals surface area (Å²) in [7, 11) is 0. The molecule has 3 aliphatic carbocycles. The highest BCUT2D eigenvalue weighted by molar-refractivity contribution is 6.04. The summed E-state index contributed by atoms with van der Waals surface area (Å²) in [6.07, 6.45) is 5.98. The predicted octanol–water partition coefficient (Wildman–Crippen LogP) is 7.02. The molecule has 1 atom stereocenters. The van der Waals surface area contributed by atoms with E-state index < -0.39 is 0 Å². The fraction of sp³-hybridized carbons (Fsp3) is 0.143. The zero-order valence-electron chi connectivity index (χ0n) is 20.5. The van der Waals surface area contributed by atoms with Crippen LogP contribution in [-0.2, 0) is 6.42 Å². The minimum Gasteiger partial charge on any atom is -0.0690 e. The summed E-state index contributed by atoms with van der Waals surface area (Å²) in [5.41, 5.74) is 16.9. The van der Waals surface area contributed by atoms with Gasteiger partial charge in [-0.2, -0.15) is 0 Å².